The van der Waals surface area contributed by atoms with Crippen molar-refractivity contribution in [2.24, 2.45) is 4.99 Å². The van der Waals surface area contributed by atoms with E-state index >= 15 is 0 Å². The van der Waals surface area contributed by atoms with Gasteiger partial charge in [0.05, 0.1) is 18.8 Å². The van der Waals surface area contributed by atoms with Crippen molar-refractivity contribution in [2.75, 3.05) is 32.8 Å². The van der Waals surface area contributed by atoms with Crippen molar-refractivity contribution < 1.29 is 13.9 Å². The second-order valence-corrected chi connectivity index (χ2v) is 8.59. The normalized spacial score (nSPS) is 27.1. The zero-order chi connectivity index (χ0) is 20.2. The molecule has 0 aromatic heterocycles. The van der Waals surface area contributed by atoms with Gasteiger partial charge in [-0.2, -0.15) is 0 Å². The number of hydrogen-bond acceptors (Lipinski definition) is 3. The van der Waals surface area contributed by atoms with Crippen LogP contribution < -0.4 is 5.32 Å². The number of nitrogens with one attached hydrogen (secondary N) is 1. The fraction of sp³-hybridized carbons (Fsp3) is 0.682. The van der Waals surface area contributed by atoms with Crippen LogP contribution in [0.1, 0.15) is 50.5 Å². The fourth-order valence-electron chi connectivity index (χ4n) is 4.34. The van der Waals surface area contributed by atoms with E-state index in [1.165, 1.54) is 6.07 Å². The number of halogens is 3. The summed E-state index contributed by atoms with van der Waals surface area (Å²) in [6, 6.07) is 5.08. The Kier molecular flexibility index (Phi) is 9.04. The highest BCUT2D eigenvalue weighted by Crippen LogP contribution is 2.45. The second-order valence-electron chi connectivity index (χ2n) is 8.18. The van der Waals surface area contributed by atoms with E-state index in [-0.39, 0.29) is 47.9 Å². The van der Waals surface area contributed by atoms with Crippen molar-refractivity contribution in [2.45, 2.75) is 63.2 Å². The van der Waals surface area contributed by atoms with Gasteiger partial charge in [0, 0.05) is 48.8 Å². The van der Waals surface area contributed by atoms with Crippen LogP contribution in [0.5, 0.6) is 0 Å². The molecule has 1 aliphatic carbocycles. The average molecular weight is 552 g/mol. The molecule has 1 aromatic carbocycles. The number of piperidine rings is 1. The lowest BCUT2D eigenvalue weighted by Crippen LogP contribution is -2.48. The number of ether oxygens (including phenoxy) is 2. The maximum Gasteiger partial charge on any atom is 0.194 e. The van der Waals surface area contributed by atoms with Gasteiger partial charge < -0.3 is 19.7 Å². The molecule has 0 spiro atoms. The minimum Gasteiger partial charge on any atom is -0.376 e. The molecular formula is C22H32ClFIN3O2. The van der Waals surface area contributed by atoms with Gasteiger partial charge in [-0.15, -0.1) is 24.0 Å². The minimum atomic E-state index is -0.218. The molecule has 30 heavy (non-hydrogen) atoms. The topological polar surface area (TPSA) is 46.1 Å². The highest BCUT2D eigenvalue weighted by Gasteiger charge is 2.42. The molecule has 2 heterocycles. The van der Waals surface area contributed by atoms with Gasteiger partial charge in [-0.3, -0.25) is 4.99 Å². The number of guanidine groups is 1. The first-order valence-corrected chi connectivity index (χ1v) is 11.3. The first-order valence-electron chi connectivity index (χ1n) is 10.9. The third-order valence-corrected chi connectivity index (χ3v) is 6.40. The lowest BCUT2D eigenvalue weighted by Gasteiger charge is -2.34. The van der Waals surface area contributed by atoms with E-state index in [4.69, 9.17) is 21.1 Å². The summed E-state index contributed by atoms with van der Waals surface area (Å²) in [5.41, 5.74) is 0.628. The number of hydrogen-bond donors (Lipinski definition) is 1. The summed E-state index contributed by atoms with van der Waals surface area (Å²) in [7, 11) is 0. The minimum absolute atomic E-state index is 0. The average Bonchev–Trinajstić information content (AvgIpc) is 3.25. The van der Waals surface area contributed by atoms with Crippen LogP contribution in [0, 0.1) is 5.82 Å². The van der Waals surface area contributed by atoms with Crippen LogP contribution in [0.3, 0.4) is 0 Å². The van der Waals surface area contributed by atoms with E-state index in [9.17, 15) is 4.39 Å². The van der Waals surface area contributed by atoms with Gasteiger partial charge in [0.25, 0.3) is 0 Å². The number of rotatable bonds is 6. The molecule has 1 aromatic rings. The quantitative estimate of drug-likeness (QED) is 0.320. The molecule has 2 saturated heterocycles. The molecular weight excluding hydrogens is 520 g/mol. The van der Waals surface area contributed by atoms with Crippen molar-refractivity contribution in [3.05, 3.63) is 34.6 Å². The SMILES string of the molecule is CCN=C(NC1CC1c1c(F)cccc1Cl)N1CCC(OCC2CCCO2)CC1.I. The molecule has 3 fully saturated rings. The van der Waals surface area contributed by atoms with Crippen molar-refractivity contribution >= 4 is 41.5 Å². The molecule has 3 aliphatic rings. The number of likely N-dealkylation sites (tertiary alicyclic amines) is 1. The van der Waals surface area contributed by atoms with Crippen LogP contribution in [-0.2, 0) is 9.47 Å². The summed E-state index contributed by atoms with van der Waals surface area (Å²) in [6.07, 6.45) is 5.70. The van der Waals surface area contributed by atoms with Gasteiger partial charge in [-0.25, -0.2) is 4.39 Å². The first kappa shape index (κ1) is 24.0. The van der Waals surface area contributed by atoms with E-state index in [0.717, 1.165) is 64.3 Å². The van der Waals surface area contributed by atoms with E-state index in [0.29, 0.717) is 23.3 Å². The Hall–Kier alpha value is -0.640. The molecule has 168 valence electrons. The van der Waals surface area contributed by atoms with E-state index in [1.54, 1.807) is 12.1 Å². The van der Waals surface area contributed by atoms with E-state index in [2.05, 4.69) is 15.2 Å². The maximum atomic E-state index is 14.2. The molecule has 4 rings (SSSR count). The number of aliphatic imine (C=N–C) groups is 1. The Morgan fingerprint density at radius 1 is 1.33 bits per heavy atom. The third-order valence-electron chi connectivity index (χ3n) is 6.07. The van der Waals surface area contributed by atoms with Gasteiger partial charge in [0.2, 0.25) is 0 Å². The third kappa shape index (κ3) is 5.99. The Labute approximate surface area is 200 Å². The Morgan fingerprint density at radius 2 is 2.13 bits per heavy atom. The molecule has 1 N–H and O–H groups in total. The largest absolute Gasteiger partial charge is 0.376 e. The van der Waals surface area contributed by atoms with E-state index < -0.39 is 0 Å². The van der Waals surface area contributed by atoms with Crippen LogP contribution in [0.2, 0.25) is 5.02 Å². The van der Waals surface area contributed by atoms with Crippen molar-refractivity contribution in [1.82, 2.24) is 10.2 Å². The predicted octanol–water partition coefficient (Wildman–Crippen LogP) is 4.58. The number of nitrogens with zero attached hydrogens (tertiary/aromatic N) is 2. The fourth-order valence-corrected chi connectivity index (χ4v) is 4.65. The summed E-state index contributed by atoms with van der Waals surface area (Å²) >= 11 is 6.24. The Bertz CT molecular complexity index is 704. The Balaban J connectivity index is 0.00000256. The lowest BCUT2D eigenvalue weighted by molar-refractivity contribution is -0.0367. The maximum absolute atomic E-state index is 14.2. The van der Waals surface area contributed by atoms with Gasteiger partial charge in [-0.1, -0.05) is 17.7 Å². The highest BCUT2D eigenvalue weighted by atomic mass is 127. The van der Waals surface area contributed by atoms with Gasteiger partial charge in [0.15, 0.2) is 5.96 Å². The number of benzene rings is 1. The van der Waals surface area contributed by atoms with Gasteiger partial charge >= 0.3 is 0 Å². The van der Waals surface area contributed by atoms with Crippen LogP contribution in [0.25, 0.3) is 0 Å². The summed E-state index contributed by atoms with van der Waals surface area (Å²) in [5.74, 6) is 0.813. The first-order chi connectivity index (χ1) is 14.2. The molecule has 3 atom stereocenters. The summed E-state index contributed by atoms with van der Waals surface area (Å²) in [6.45, 7) is 6.17. The molecule has 3 unspecified atom stereocenters. The van der Waals surface area contributed by atoms with Crippen molar-refractivity contribution in [1.29, 1.82) is 0 Å². The molecule has 0 bridgehead atoms. The monoisotopic (exact) mass is 551 g/mol. The van der Waals surface area contributed by atoms with Gasteiger partial charge in [0.1, 0.15) is 5.82 Å². The van der Waals surface area contributed by atoms with Crippen LogP contribution in [-0.4, -0.2) is 62.0 Å². The summed E-state index contributed by atoms with van der Waals surface area (Å²) in [4.78, 5) is 6.98. The lowest BCUT2D eigenvalue weighted by atomic mass is 10.1. The highest BCUT2D eigenvalue weighted by molar-refractivity contribution is 14.0. The summed E-state index contributed by atoms with van der Waals surface area (Å²) < 4.78 is 25.9. The van der Waals surface area contributed by atoms with Crippen LogP contribution >= 0.6 is 35.6 Å². The van der Waals surface area contributed by atoms with Crippen LogP contribution in [0.15, 0.2) is 23.2 Å². The molecule has 8 heteroatoms. The molecule has 0 amide bonds. The molecule has 0 radical (unpaired) electrons. The van der Waals surface area contributed by atoms with E-state index in [1.807, 2.05) is 6.92 Å². The second kappa shape index (κ2) is 11.3. The van der Waals surface area contributed by atoms with Crippen LogP contribution in [0.4, 0.5) is 4.39 Å². The standard InChI is InChI=1S/C22H31ClFN3O2.HI/c1-2-25-22(26-20-13-17(20)21-18(23)6-3-7-19(21)24)27-10-8-15(9-11-27)29-14-16-5-4-12-28-16;/h3,6-7,15-17,20H,2,4-5,8-14H2,1H3,(H,25,26);1H. The van der Waals surface area contributed by atoms with Gasteiger partial charge in [-0.05, 0) is 51.2 Å². The molecule has 5 nitrogen and oxygen atoms in total. The molecule has 2 aliphatic heterocycles. The summed E-state index contributed by atoms with van der Waals surface area (Å²) in [5, 5.41) is 4.06. The predicted molar refractivity (Wildman–Crippen MR) is 129 cm³/mol. The van der Waals surface area contributed by atoms with Crippen molar-refractivity contribution in [3.63, 3.8) is 0 Å². The zero-order valence-corrected chi connectivity index (χ0v) is 20.6. The Morgan fingerprint density at radius 3 is 2.80 bits per heavy atom. The smallest absolute Gasteiger partial charge is 0.194 e. The van der Waals surface area contributed by atoms with Crippen molar-refractivity contribution in [3.8, 4) is 0 Å². The zero-order valence-electron chi connectivity index (χ0n) is 17.5. The molecule has 1 saturated carbocycles.